The van der Waals surface area contributed by atoms with Crippen LogP contribution in [0.4, 0.5) is 6.01 Å². The first-order valence-corrected chi connectivity index (χ1v) is 7.11. The molecule has 0 spiro atoms. The fourth-order valence-electron chi connectivity index (χ4n) is 1.97. The second-order valence-corrected chi connectivity index (χ2v) is 4.81. The molecule has 1 heterocycles. The fourth-order valence-corrected chi connectivity index (χ4v) is 1.97. The van der Waals surface area contributed by atoms with Crippen LogP contribution < -0.4 is 10.6 Å². The topological polar surface area (TPSA) is 63.0 Å². The van der Waals surface area contributed by atoms with Crippen LogP contribution >= 0.6 is 0 Å². The minimum Gasteiger partial charge on any atom is -0.407 e. The Morgan fingerprint density at radius 2 is 2.00 bits per heavy atom. The molecular formula is C15H22N4O. The van der Waals surface area contributed by atoms with E-state index >= 15 is 0 Å². The zero-order valence-corrected chi connectivity index (χ0v) is 12.1. The zero-order chi connectivity index (χ0) is 14.2. The largest absolute Gasteiger partial charge is 0.407 e. The highest BCUT2D eigenvalue weighted by Crippen LogP contribution is 2.18. The van der Waals surface area contributed by atoms with Gasteiger partial charge in [0.25, 0.3) is 0 Å². The van der Waals surface area contributed by atoms with E-state index in [1.54, 1.807) is 0 Å². The third-order valence-electron chi connectivity index (χ3n) is 3.22. The van der Waals surface area contributed by atoms with Crippen molar-refractivity contribution < 1.29 is 4.42 Å². The molecule has 5 nitrogen and oxygen atoms in total. The number of nitrogens with zero attached hydrogens (tertiary/aromatic N) is 2. The molecule has 0 radical (unpaired) electrons. The summed E-state index contributed by atoms with van der Waals surface area (Å²) in [5.41, 5.74) is 1.35. The van der Waals surface area contributed by atoms with Gasteiger partial charge >= 0.3 is 6.01 Å². The molecular weight excluding hydrogens is 252 g/mol. The molecule has 0 saturated carbocycles. The molecule has 0 fully saturated rings. The summed E-state index contributed by atoms with van der Waals surface area (Å²) < 4.78 is 5.48. The Labute approximate surface area is 119 Å². The van der Waals surface area contributed by atoms with E-state index in [1.807, 2.05) is 13.0 Å². The first kappa shape index (κ1) is 14.5. The van der Waals surface area contributed by atoms with E-state index in [4.69, 9.17) is 4.42 Å². The summed E-state index contributed by atoms with van der Waals surface area (Å²) in [7, 11) is 0. The van der Waals surface area contributed by atoms with Gasteiger partial charge in [-0.25, -0.2) is 0 Å². The van der Waals surface area contributed by atoms with Crippen molar-refractivity contribution in [3.05, 3.63) is 41.8 Å². The fraction of sp³-hybridized carbons (Fsp3) is 0.467. The summed E-state index contributed by atoms with van der Waals surface area (Å²) in [6.45, 7) is 6.59. The monoisotopic (exact) mass is 274 g/mol. The molecule has 1 aromatic carbocycles. The van der Waals surface area contributed by atoms with Gasteiger partial charge in [0.15, 0.2) is 0 Å². The minimum absolute atomic E-state index is 0.498. The molecule has 0 aliphatic carbocycles. The summed E-state index contributed by atoms with van der Waals surface area (Å²) in [4.78, 5) is 0. The molecule has 108 valence electrons. The number of hydrogen-bond donors (Lipinski definition) is 2. The molecule has 0 aliphatic heterocycles. The third kappa shape index (κ3) is 4.35. The average Bonchev–Trinajstić information content (AvgIpc) is 2.94. The molecule has 20 heavy (non-hydrogen) atoms. The van der Waals surface area contributed by atoms with Gasteiger partial charge in [0.1, 0.15) is 0 Å². The molecule has 1 unspecified atom stereocenters. The lowest BCUT2D eigenvalue weighted by Crippen LogP contribution is -2.11. The lowest BCUT2D eigenvalue weighted by Gasteiger charge is -2.11. The highest BCUT2D eigenvalue weighted by atomic mass is 16.4. The standard InChI is InChI=1S/C15H22N4O/c1-3-16-11-14-18-19-15(20-14)17-10-9-12(2)13-7-5-4-6-8-13/h4-8,12,16H,3,9-11H2,1-2H3,(H,17,19). The predicted octanol–water partition coefficient (Wildman–Crippen LogP) is 2.78. The summed E-state index contributed by atoms with van der Waals surface area (Å²) in [5, 5.41) is 14.3. The second kappa shape index (κ2) is 7.65. The SMILES string of the molecule is CCNCc1nnc(NCCC(C)c2ccccc2)o1. The van der Waals surface area contributed by atoms with E-state index in [0.717, 1.165) is 19.5 Å². The Kier molecular flexibility index (Phi) is 5.55. The Balaban J connectivity index is 1.74. The van der Waals surface area contributed by atoms with E-state index < -0.39 is 0 Å². The lowest BCUT2D eigenvalue weighted by molar-refractivity contribution is 0.480. The van der Waals surface area contributed by atoms with Gasteiger partial charge in [-0.05, 0) is 24.4 Å². The quantitative estimate of drug-likeness (QED) is 0.775. The number of nitrogens with one attached hydrogen (secondary N) is 2. The van der Waals surface area contributed by atoms with Crippen LogP contribution in [0.5, 0.6) is 0 Å². The highest BCUT2D eigenvalue weighted by Gasteiger charge is 2.07. The summed E-state index contributed by atoms with van der Waals surface area (Å²) >= 11 is 0. The van der Waals surface area contributed by atoms with Gasteiger partial charge < -0.3 is 15.1 Å². The Hall–Kier alpha value is -1.88. The molecule has 5 heteroatoms. The van der Waals surface area contributed by atoms with Crippen LogP contribution in [0.25, 0.3) is 0 Å². The van der Waals surface area contributed by atoms with E-state index in [9.17, 15) is 0 Å². The van der Waals surface area contributed by atoms with Crippen LogP contribution in [0, 0.1) is 0 Å². The lowest BCUT2D eigenvalue weighted by atomic mass is 9.98. The van der Waals surface area contributed by atoms with Crippen molar-refractivity contribution in [2.24, 2.45) is 0 Å². The van der Waals surface area contributed by atoms with Crippen LogP contribution in [0.15, 0.2) is 34.7 Å². The smallest absolute Gasteiger partial charge is 0.315 e. The van der Waals surface area contributed by atoms with Crippen LogP contribution in [0.1, 0.15) is 37.6 Å². The summed E-state index contributed by atoms with van der Waals surface area (Å²) in [6.07, 6.45) is 1.02. The van der Waals surface area contributed by atoms with Crippen molar-refractivity contribution in [2.75, 3.05) is 18.4 Å². The summed E-state index contributed by atoms with van der Waals surface area (Å²) in [5.74, 6) is 1.12. The van der Waals surface area contributed by atoms with Gasteiger partial charge in [0, 0.05) is 6.54 Å². The third-order valence-corrected chi connectivity index (χ3v) is 3.22. The molecule has 0 bridgehead atoms. The molecule has 1 atom stereocenters. The van der Waals surface area contributed by atoms with Crippen molar-refractivity contribution in [1.82, 2.24) is 15.5 Å². The predicted molar refractivity (Wildman–Crippen MR) is 79.6 cm³/mol. The maximum atomic E-state index is 5.48. The van der Waals surface area contributed by atoms with Gasteiger partial charge in [-0.1, -0.05) is 49.3 Å². The van der Waals surface area contributed by atoms with E-state index in [-0.39, 0.29) is 0 Å². The zero-order valence-electron chi connectivity index (χ0n) is 12.1. The number of rotatable bonds is 8. The molecule has 2 N–H and O–H groups in total. The van der Waals surface area contributed by atoms with Gasteiger partial charge in [-0.2, -0.15) is 0 Å². The van der Waals surface area contributed by atoms with E-state index in [0.29, 0.717) is 24.4 Å². The van der Waals surface area contributed by atoms with Crippen molar-refractivity contribution in [2.45, 2.75) is 32.7 Å². The van der Waals surface area contributed by atoms with Crippen LogP contribution in [0.3, 0.4) is 0 Å². The molecule has 0 saturated heterocycles. The number of benzene rings is 1. The van der Waals surface area contributed by atoms with Gasteiger partial charge in [-0.15, -0.1) is 5.10 Å². The van der Waals surface area contributed by atoms with Crippen molar-refractivity contribution in [3.8, 4) is 0 Å². The maximum Gasteiger partial charge on any atom is 0.315 e. The molecule has 2 rings (SSSR count). The van der Waals surface area contributed by atoms with Crippen molar-refractivity contribution >= 4 is 6.01 Å². The molecule has 1 aromatic heterocycles. The summed E-state index contributed by atoms with van der Waals surface area (Å²) in [6, 6.07) is 11.0. The van der Waals surface area contributed by atoms with Crippen molar-refractivity contribution in [1.29, 1.82) is 0 Å². The van der Waals surface area contributed by atoms with Gasteiger partial charge in [0.2, 0.25) is 5.89 Å². The molecule has 0 aliphatic rings. The van der Waals surface area contributed by atoms with E-state index in [2.05, 4.69) is 52.0 Å². The first-order chi connectivity index (χ1) is 9.79. The Morgan fingerprint density at radius 3 is 2.75 bits per heavy atom. The van der Waals surface area contributed by atoms with E-state index in [1.165, 1.54) is 5.56 Å². The number of hydrogen-bond acceptors (Lipinski definition) is 5. The normalized spacial score (nSPS) is 12.3. The number of anilines is 1. The number of aromatic nitrogens is 2. The Bertz CT molecular complexity index is 498. The van der Waals surface area contributed by atoms with Gasteiger partial charge in [-0.3, -0.25) is 0 Å². The van der Waals surface area contributed by atoms with Crippen LogP contribution in [0.2, 0.25) is 0 Å². The highest BCUT2D eigenvalue weighted by molar-refractivity contribution is 5.20. The van der Waals surface area contributed by atoms with Crippen LogP contribution in [-0.2, 0) is 6.54 Å². The average molecular weight is 274 g/mol. The first-order valence-electron chi connectivity index (χ1n) is 7.11. The van der Waals surface area contributed by atoms with Gasteiger partial charge in [0.05, 0.1) is 6.54 Å². The second-order valence-electron chi connectivity index (χ2n) is 4.81. The Morgan fingerprint density at radius 1 is 1.20 bits per heavy atom. The minimum atomic E-state index is 0.498. The maximum absolute atomic E-state index is 5.48. The molecule has 0 amide bonds. The van der Waals surface area contributed by atoms with Crippen LogP contribution in [-0.4, -0.2) is 23.3 Å². The van der Waals surface area contributed by atoms with Crippen molar-refractivity contribution in [3.63, 3.8) is 0 Å². The molecule has 2 aromatic rings.